The summed E-state index contributed by atoms with van der Waals surface area (Å²) in [7, 11) is 1.94. The Morgan fingerprint density at radius 2 is 2.11 bits per heavy atom. The number of nitrogens with zero attached hydrogens (tertiary/aromatic N) is 2. The lowest BCUT2D eigenvalue weighted by Crippen LogP contribution is -2.31. The zero-order valence-corrected chi connectivity index (χ0v) is 11.6. The van der Waals surface area contributed by atoms with Crippen molar-refractivity contribution in [2.24, 2.45) is 0 Å². The van der Waals surface area contributed by atoms with Gasteiger partial charge in [0.05, 0.1) is 17.8 Å². The molecule has 0 saturated carbocycles. The Morgan fingerprint density at radius 1 is 1.37 bits per heavy atom. The van der Waals surface area contributed by atoms with E-state index in [-0.39, 0.29) is 5.91 Å². The minimum absolute atomic E-state index is 0.0818. The number of carbonyl (C=O) groups excluding carboxylic acids is 1. The van der Waals surface area contributed by atoms with Gasteiger partial charge in [0.25, 0.3) is 0 Å². The topological polar surface area (TPSA) is 56.1 Å². The SMILES string of the molecule is CCCCCN(C)CC(=O)Nc1ccccc1C#N. The van der Waals surface area contributed by atoms with Gasteiger partial charge in [0.1, 0.15) is 6.07 Å². The van der Waals surface area contributed by atoms with Crippen molar-refractivity contribution < 1.29 is 4.79 Å². The van der Waals surface area contributed by atoms with Crippen LogP contribution in [-0.4, -0.2) is 30.9 Å². The summed E-state index contributed by atoms with van der Waals surface area (Å²) in [6, 6.07) is 9.10. The Balaban J connectivity index is 2.45. The van der Waals surface area contributed by atoms with Crippen LogP contribution in [0.15, 0.2) is 24.3 Å². The van der Waals surface area contributed by atoms with E-state index in [0.717, 1.165) is 13.0 Å². The van der Waals surface area contributed by atoms with E-state index in [1.165, 1.54) is 12.8 Å². The molecule has 4 heteroatoms. The lowest BCUT2D eigenvalue weighted by atomic mass is 10.2. The highest BCUT2D eigenvalue weighted by Gasteiger charge is 2.08. The highest BCUT2D eigenvalue weighted by atomic mass is 16.2. The third kappa shape index (κ3) is 5.54. The number of para-hydroxylation sites is 1. The molecular weight excluding hydrogens is 238 g/mol. The fourth-order valence-corrected chi connectivity index (χ4v) is 1.84. The molecule has 1 N–H and O–H groups in total. The average molecular weight is 259 g/mol. The quantitative estimate of drug-likeness (QED) is 0.766. The summed E-state index contributed by atoms with van der Waals surface area (Å²) < 4.78 is 0. The highest BCUT2D eigenvalue weighted by molar-refractivity contribution is 5.93. The van der Waals surface area contributed by atoms with E-state index >= 15 is 0 Å². The number of anilines is 1. The normalized spacial score (nSPS) is 10.2. The van der Waals surface area contributed by atoms with Gasteiger partial charge in [0, 0.05) is 0 Å². The number of carbonyl (C=O) groups is 1. The molecule has 0 bridgehead atoms. The summed E-state index contributed by atoms with van der Waals surface area (Å²) in [5, 5.41) is 11.7. The predicted octanol–water partition coefficient (Wildman–Crippen LogP) is 2.62. The molecule has 0 aliphatic carbocycles. The largest absolute Gasteiger partial charge is 0.324 e. The summed E-state index contributed by atoms with van der Waals surface area (Å²) in [6.45, 7) is 3.43. The van der Waals surface area contributed by atoms with Crippen molar-refractivity contribution in [3.63, 3.8) is 0 Å². The van der Waals surface area contributed by atoms with Gasteiger partial charge in [0.2, 0.25) is 5.91 Å². The lowest BCUT2D eigenvalue weighted by molar-refractivity contribution is -0.117. The van der Waals surface area contributed by atoms with E-state index in [1.54, 1.807) is 24.3 Å². The van der Waals surface area contributed by atoms with E-state index in [9.17, 15) is 4.79 Å². The van der Waals surface area contributed by atoms with Crippen molar-refractivity contribution >= 4 is 11.6 Å². The molecule has 1 aromatic rings. The molecule has 0 atom stereocenters. The van der Waals surface area contributed by atoms with E-state index in [0.29, 0.717) is 17.8 Å². The van der Waals surface area contributed by atoms with Crippen LogP contribution in [0.5, 0.6) is 0 Å². The van der Waals surface area contributed by atoms with Gasteiger partial charge in [-0.2, -0.15) is 5.26 Å². The summed E-state index contributed by atoms with van der Waals surface area (Å²) in [6.07, 6.45) is 3.47. The first-order valence-corrected chi connectivity index (χ1v) is 6.65. The molecule has 0 radical (unpaired) electrons. The Labute approximate surface area is 115 Å². The van der Waals surface area contributed by atoms with Crippen LogP contribution in [0.2, 0.25) is 0 Å². The maximum Gasteiger partial charge on any atom is 0.238 e. The molecule has 0 unspecified atom stereocenters. The van der Waals surface area contributed by atoms with Gasteiger partial charge >= 0.3 is 0 Å². The van der Waals surface area contributed by atoms with Gasteiger partial charge in [-0.25, -0.2) is 0 Å². The molecule has 0 saturated heterocycles. The molecule has 0 aliphatic heterocycles. The van der Waals surface area contributed by atoms with Gasteiger partial charge in [-0.05, 0) is 32.1 Å². The van der Waals surface area contributed by atoms with Crippen LogP contribution in [0.3, 0.4) is 0 Å². The van der Waals surface area contributed by atoms with Gasteiger partial charge in [-0.3, -0.25) is 9.69 Å². The van der Waals surface area contributed by atoms with E-state index < -0.39 is 0 Å². The first-order valence-electron chi connectivity index (χ1n) is 6.65. The fraction of sp³-hybridized carbons (Fsp3) is 0.467. The third-order valence-electron chi connectivity index (χ3n) is 2.88. The standard InChI is InChI=1S/C15H21N3O/c1-3-4-7-10-18(2)12-15(19)17-14-9-6-5-8-13(14)11-16/h5-6,8-9H,3-4,7,10,12H2,1-2H3,(H,17,19). The minimum Gasteiger partial charge on any atom is -0.324 e. The fourth-order valence-electron chi connectivity index (χ4n) is 1.84. The molecular formula is C15H21N3O. The zero-order chi connectivity index (χ0) is 14.1. The zero-order valence-electron chi connectivity index (χ0n) is 11.6. The Hall–Kier alpha value is -1.86. The summed E-state index contributed by atoms with van der Waals surface area (Å²) in [5.41, 5.74) is 1.07. The highest BCUT2D eigenvalue weighted by Crippen LogP contribution is 2.13. The van der Waals surface area contributed by atoms with E-state index in [1.807, 2.05) is 11.9 Å². The number of nitrogens with one attached hydrogen (secondary N) is 1. The molecule has 0 aromatic heterocycles. The molecule has 0 spiro atoms. The second kappa shape index (κ2) is 8.28. The van der Waals surface area contributed by atoms with Crippen molar-refractivity contribution in [3.8, 4) is 6.07 Å². The van der Waals surface area contributed by atoms with Crippen LogP contribution in [0, 0.1) is 11.3 Å². The van der Waals surface area contributed by atoms with E-state index in [4.69, 9.17) is 5.26 Å². The number of benzene rings is 1. The van der Waals surface area contributed by atoms with Crippen molar-refractivity contribution in [3.05, 3.63) is 29.8 Å². The van der Waals surface area contributed by atoms with Crippen LogP contribution in [0.4, 0.5) is 5.69 Å². The molecule has 0 heterocycles. The van der Waals surface area contributed by atoms with Crippen molar-refractivity contribution in [2.45, 2.75) is 26.2 Å². The number of hydrogen-bond donors (Lipinski definition) is 1. The second-order valence-corrected chi connectivity index (χ2v) is 4.65. The molecule has 0 aliphatic rings. The predicted molar refractivity (Wildman–Crippen MR) is 76.8 cm³/mol. The summed E-state index contributed by atoms with van der Waals surface area (Å²) in [4.78, 5) is 13.9. The van der Waals surface area contributed by atoms with Crippen molar-refractivity contribution in [1.29, 1.82) is 5.26 Å². The molecule has 4 nitrogen and oxygen atoms in total. The van der Waals surface area contributed by atoms with Crippen molar-refractivity contribution in [2.75, 3.05) is 25.5 Å². The van der Waals surface area contributed by atoms with Gasteiger partial charge < -0.3 is 5.32 Å². The molecule has 1 amide bonds. The van der Waals surface area contributed by atoms with Crippen LogP contribution in [-0.2, 0) is 4.79 Å². The van der Waals surface area contributed by atoms with Gasteiger partial charge in [0.15, 0.2) is 0 Å². The Bertz CT molecular complexity index is 451. The summed E-state index contributed by atoms with van der Waals surface area (Å²) >= 11 is 0. The smallest absolute Gasteiger partial charge is 0.238 e. The maximum absolute atomic E-state index is 11.9. The van der Waals surface area contributed by atoms with Crippen LogP contribution in [0.1, 0.15) is 31.7 Å². The molecule has 0 fully saturated rings. The summed E-state index contributed by atoms with van der Waals surface area (Å²) in [5.74, 6) is -0.0818. The average Bonchev–Trinajstić information content (AvgIpc) is 2.39. The number of amides is 1. The first kappa shape index (κ1) is 15.2. The number of likely N-dealkylation sites (N-methyl/N-ethyl adjacent to an activating group) is 1. The maximum atomic E-state index is 11.9. The molecule has 1 aromatic carbocycles. The number of unbranched alkanes of at least 4 members (excludes halogenated alkanes) is 2. The lowest BCUT2D eigenvalue weighted by Gasteiger charge is -2.16. The third-order valence-corrected chi connectivity index (χ3v) is 2.88. The molecule has 19 heavy (non-hydrogen) atoms. The van der Waals surface area contributed by atoms with Crippen LogP contribution >= 0.6 is 0 Å². The van der Waals surface area contributed by atoms with Crippen LogP contribution in [0.25, 0.3) is 0 Å². The number of nitriles is 1. The minimum atomic E-state index is -0.0818. The first-order chi connectivity index (χ1) is 9.17. The van der Waals surface area contributed by atoms with Gasteiger partial charge in [-0.1, -0.05) is 31.9 Å². The van der Waals surface area contributed by atoms with Crippen LogP contribution < -0.4 is 5.32 Å². The van der Waals surface area contributed by atoms with E-state index in [2.05, 4.69) is 18.3 Å². The molecule has 1 rings (SSSR count). The van der Waals surface area contributed by atoms with Crippen molar-refractivity contribution in [1.82, 2.24) is 4.90 Å². The van der Waals surface area contributed by atoms with Gasteiger partial charge in [-0.15, -0.1) is 0 Å². The monoisotopic (exact) mass is 259 g/mol. The molecule has 102 valence electrons. The number of hydrogen-bond acceptors (Lipinski definition) is 3. The Morgan fingerprint density at radius 3 is 2.79 bits per heavy atom. The Kier molecular flexibility index (Phi) is 6.62. The second-order valence-electron chi connectivity index (χ2n) is 4.65. The number of rotatable bonds is 7.